The molecule has 4 aromatic carbocycles. The first-order valence-electron chi connectivity index (χ1n) is 15.7. The average molecular weight is 700 g/mol. The monoisotopic (exact) mass is 699 g/mol. The fraction of sp³-hybridized carbons (Fsp3) is 0.243. The van der Waals surface area contributed by atoms with E-state index in [1.807, 2.05) is 18.2 Å². The summed E-state index contributed by atoms with van der Waals surface area (Å²) in [5.74, 6) is -1.66. The Labute approximate surface area is 291 Å². The first-order valence-corrected chi connectivity index (χ1v) is 17.5. The Morgan fingerprint density at radius 3 is 2.49 bits per heavy atom. The van der Waals surface area contributed by atoms with Crippen LogP contribution in [0.4, 0.5) is 9.52 Å². The summed E-state index contributed by atoms with van der Waals surface area (Å²) in [5, 5.41) is 22.6. The Bertz CT molecular complexity index is 2040. The highest BCUT2D eigenvalue weighted by Gasteiger charge is 2.48. The van der Waals surface area contributed by atoms with Gasteiger partial charge in [-0.15, -0.1) is 10.2 Å². The van der Waals surface area contributed by atoms with E-state index in [-0.39, 0.29) is 22.0 Å². The number of anilines is 1. The van der Waals surface area contributed by atoms with Gasteiger partial charge in [-0.05, 0) is 58.7 Å². The Morgan fingerprint density at radius 2 is 1.71 bits per heavy atom. The summed E-state index contributed by atoms with van der Waals surface area (Å²) in [6.45, 7) is 2.60. The second-order valence-electron chi connectivity index (χ2n) is 11.3. The van der Waals surface area contributed by atoms with Gasteiger partial charge in [-0.2, -0.15) is 0 Å². The number of amides is 1. The van der Waals surface area contributed by atoms with Crippen molar-refractivity contribution in [3.63, 3.8) is 0 Å². The number of halogens is 1. The number of thioether (sulfide) groups is 1. The molecular weight excluding hydrogens is 666 g/mol. The molecule has 1 fully saturated rings. The smallest absolute Gasteiger partial charge is 0.301 e. The van der Waals surface area contributed by atoms with E-state index in [1.165, 1.54) is 43.0 Å². The lowest BCUT2D eigenvalue weighted by Crippen LogP contribution is -2.29. The van der Waals surface area contributed by atoms with Crippen LogP contribution in [0.5, 0.6) is 17.2 Å². The van der Waals surface area contributed by atoms with Crippen molar-refractivity contribution in [2.45, 2.75) is 42.3 Å². The Morgan fingerprint density at radius 1 is 0.939 bits per heavy atom. The topological polar surface area (TPSA) is 111 Å². The molecule has 0 spiro atoms. The second-order valence-corrected chi connectivity index (χ2v) is 13.4. The Balaban J connectivity index is 1.38. The number of benzene rings is 4. The van der Waals surface area contributed by atoms with E-state index in [0.29, 0.717) is 33.8 Å². The molecule has 252 valence electrons. The molecule has 1 unspecified atom stereocenters. The first-order chi connectivity index (χ1) is 23.8. The second kappa shape index (κ2) is 15.1. The number of fused-ring (bicyclic) bond motifs is 1. The number of aliphatic hydroxyl groups excluding tert-OH is 1. The SMILES string of the molecule is CCCCCOc1ccc(C2/C(=C(/O)c3ccc(OC)c(F)c3)C(=O)C(=O)N2c2nnc(SCc3cccc4ccccc34)s2)cc1OC. The van der Waals surface area contributed by atoms with E-state index < -0.39 is 29.3 Å². The standard InChI is InChI=1S/C37H34FN3O6S2/c1-4-5-8-18-47-29-17-14-23(20-30(29)46-3)32-31(33(42)24-15-16-28(45-2)27(38)19-24)34(43)35(44)41(32)36-39-40-37(49-36)48-21-25-12-9-11-22-10-6-7-13-26(22)25/h6-7,9-17,19-20,32,42H,4-5,8,18,21H2,1-3H3/b33-31-. The molecule has 49 heavy (non-hydrogen) atoms. The van der Waals surface area contributed by atoms with E-state index >= 15 is 0 Å². The highest BCUT2D eigenvalue weighted by molar-refractivity contribution is 8.00. The minimum absolute atomic E-state index is 0.00717. The van der Waals surface area contributed by atoms with Gasteiger partial charge in [0.2, 0.25) is 5.13 Å². The summed E-state index contributed by atoms with van der Waals surface area (Å²) in [6, 6.07) is 22.0. The molecule has 0 bridgehead atoms. The van der Waals surface area contributed by atoms with Crippen molar-refractivity contribution in [1.29, 1.82) is 0 Å². The summed E-state index contributed by atoms with van der Waals surface area (Å²) in [4.78, 5) is 28.7. The van der Waals surface area contributed by atoms with Gasteiger partial charge in [0.25, 0.3) is 5.78 Å². The zero-order chi connectivity index (χ0) is 34.5. The lowest BCUT2D eigenvalue weighted by atomic mass is 9.95. The minimum Gasteiger partial charge on any atom is -0.507 e. The van der Waals surface area contributed by atoms with Crippen LogP contribution in [0.15, 0.2) is 88.8 Å². The van der Waals surface area contributed by atoms with Crippen LogP contribution >= 0.6 is 23.1 Å². The van der Waals surface area contributed by atoms with Crippen LogP contribution < -0.4 is 19.1 Å². The molecule has 1 amide bonds. The van der Waals surface area contributed by atoms with Gasteiger partial charge in [0.05, 0.1) is 32.4 Å². The summed E-state index contributed by atoms with van der Waals surface area (Å²) >= 11 is 2.63. The van der Waals surface area contributed by atoms with Crippen LogP contribution in [0.25, 0.3) is 16.5 Å². The number of rotatable bonds is 13. The summed E-state index contributed by atoms with van der Waals surface area (Å²) in [7, 11) is 2.82. The highest BCUT2D eigenvalue weighted by atomic mass is 32.2. The fourth-order valence-corrected chi connectivity index (χ4v) is 7.61. The minimum atomic E-state index is -1.13. The summed E-state index contributed by atoms with van der Waals surface area (Å²) < 4.78 is 32.0. The number of carbonyl (C=O) groups excluding carboxylic acids is 2. The first kappa shape index (κ1) is 33.9. The van der Waals surface area contributed by atoms with Crippen LogP contribution in [0.3, 0.4) is 0 Å². The molecule has 9 nitrogen and oxygen atoms in total. The molecule has 0 radical (unpaired) electrons. The number of ether oxygens (including phenoxy) is 3. The van der Waals surface area contributed by atoms with Crippen molar-refractivity contribution in [3.8, 4) is 17.2 Å². The molecule has 1 aromatic heterocycles. The van der Waals surface area contributed by atoms with Crippen LogP contribution in [0.1, 0.15) is 48.9 Å². The fourth-order valence-electron chi connectivity index (χ4n) is 5.74. The summed E-state index contributed by atoms with van der Waals surface area (Å²) in [6.07, 6.45) is 2.94. The molecule has 6 rings (SSSR count). The molecule has 0 aliphatic carbocycles. The third-order valence-corrected chi connectivity index (χ3v) is 10.3. The number of aliphatic hydroxyl groups is 1. The van der Waals surface area contributed by atoms with Crippen molar-refractivity contribution < 1.29 is 33.3 Å². The molecule has 1 aliphatic rings. The number of carbonyl (C=O) groups is 2. The normalized spacial score (nSPS) is 15.6. The predicted molar refractivity (Wildman–Crippen MR) is 189 cm³/mol. The molecule has 12 heteroatoms. The predicted octanol–water partition coefficient (Wildman–Crippen LogP) is 8.34. The molecule has 2 heterocycles. The Hall–Kier alpha value is -4.94. The van der Waals surface area contributed by atoms with Crippen molar-refractivity contribution in [2.75, 3.05) is 25.7 Å². The number of hydrogen-bond acceptors (Lipinski definition) is 10. The van der Waals surface area contributed by atoms with Crippen molar-refractivity contribution in [2.24, 2.45) is 0 Å². The van der Waals surface area contributed by atoms with Gasteiger partial charge in [-0.25, -0.2) is 4.39 Å². The number of Topliss-reactive ketones (excluding diaryl/α,β-unsaturated/α-hetero) is 1. The van der Waals surface area contributed by atoms with Gasteiger partial charge in [0.1, 0.15) is 5.76 Å². The lowest BCUT2D eigenvalue weighted by Gasteiger charge is -2.23. The van der Waals surface area contributed by atoms with E-state index in [0.717, 1.165) is 53.0 Å². The number of methoxy groups -OCH3 is 2. The Kier molecular flexibility index (Phi) is 10.4. The summed E-state index contributed by atoms with van der Waals surface area (Å²) in [5.41, 5.74) is 1.35. The van der Waals surface area contributed by atoms with Crippen LogP contribution in [-0.4, -0.2) is 47.8 Å². The zero-order valence-electron chi connectivity index (χ0n) is 27.1. The van der Waals surface area contributed by atoms with Gasteiger partial charge in [0, 0.05) is 11.3 Å². The molecule has 5 aromatic rings. The number of ketones is 1. The van der Waals surface area contributed by atoms with Gasteiger partial charge in [-0.1, -0.05) is 91.4 Å². The van der Waals surface area contributed by atoms with Gasteiger partial charge in [0.15, 0.2) is 27.4 Å². The van der Waals surface area contributed by atoms with Crippen molar-refractivity contribution >= 4 is 56.5 Å². The average Bonchev–Trinajstić information content (AvgIpc) is 3.70. The maximum Gasteiger partial charge on any atom is 0.301 e. The number of nitrogens with zero attached hydrogens (tertiary/aromatic N) is 3. The van der Waals surface area contributed by atoms with Gasteiger partial charge < -0.3 is 19.3 Å². The van der Waals surface area contributed by atoms with Gasteiger partial charge >= 0.3 is 5.91 Å². The lowest BCUT2D eigenvalue weighted by molar-refractivity contribution is -0.132. The quantitative estimate of drug-likeness (QED) is 0.0324. The van der Waals surface area contributed by atoms with E-state index in [2.05, 4.69) is 41.4 Å². The van der Waals surface area contributed by atoms with E-state index in [4.69, 9.17) is 14.2 Å². The molecule has 1 saturated heterocycles. The van der Waals surface area contributed by atoms with Crippen molar-refractivity contribution in [3.05, 3.63) is 107 Å². The number of aromatic nitrogens is 2. The van der Waals surface area contributed by atoms with Crippen LogP contribution in [0, 0.1) is 5.82 Å². The molecular formula is C37H34FN3O6S2. The van der Waals surface area contributed by atoms with E-state index in [1.54, 1.807) is 18.2 Å². The molecule has 1 aliphatic heterocycles. The number of unbranched alkanes of at least 4 members (excludes halogenated alkanes) is 2. The maximum absolute atomic E-state index is 14.7. The van der Waals surface area contributed by atoms with E-state index in [9.17, 15) is 19.1 Å². The van der Waals surface area contributed by atoms with Crippen molar-refractivity contribution in [1.82, 2.24) is 10.2 Å². The van der Waals surface area contributed by atoms with Gasteiger partial charge in [-0.3, -0.25) is 14.5 Å². The third kappa shape index (κ3) is 6.97. The zero-order valence-corrected chi connectivity index (χ0v) is 28.8. The molecule has 1 atom stereocenters. The highest BCUT2D eigenvalue weighted by Crippen LogP contribution is 2.46. The van der Waals surface area contributed by atoms with Crippen LogP contribution in [-0.2, 0) is 15.3 Å². The largest absolute Gasteiger partial charge is 0.507 e. The third-order valence-electron chi connectivity index (χ3n) is 8.21. The van der Waals surface area contributed by atoms with Crippen LogP contribution in [0.2, 0.25) is 0 Å². The maximum atomic E-state index is 14.7. The molecule has 1 N–H and O–H groups in total. The molecule has 0 saturated carbocycles. The number of hydrogen-bond donors (Lipinski definition) is 1.